The first-order valence-corrected chi connectivity index (χ1v) is 11.3. The van der Waals surface area contributed by atoms with Crippen LogP contribution in [0.3, 0.4) is 0 Å². The molecule has 2 aromatic rings. The second-order valence-corrected chi connectivity index (χ2v) is 8.62. The number of para-hydroxylation sites is 3. The largest absolute Gasteiger partial charge is 0.495 e. The number of benzene rings is 2. The van der Waals surface area contributed by atoms with Crippen molar-refractivity contribution in [2.45, 2.75) is 52.1 Å². The van der Waals surface area contributed by atoms with Gasteiger partial charge >= 0.3 is 0 Å². The van der Waals surface area contributed by atoms with Gasteiger partial charge in [0.15, 0.2) is 5.78 Å². The van der Waals surface area contributed by atoms with Crippen LogP contribution in [0.4, 0.5) is 5.69 Å². The van der Waals surface area contributed by atoms with E-state index in [1.165, 1.54) is 0 Å². The number of allylic oxidation sites excluding steroid dienone is 3. The summed E-state index contributed by atoms with van der Waals surface area (Å²) in [5.74, 6) is 0.530. The van der Waals surface area contributed by atoms with E-state index in [1.807, 2.05) is 57.2 Å². The number of hydrogen-bond acceptors (Lipinski definition) is 5. The summed E-state index contributed by atoms with van der Waals surface area (Å²) in [5.41, 5.74) is 4.21. The highest BCUT2D eigenvalue weighted by atomic mass is 16.5. The highest BCUT2D eigenvalue weighted by Crippen LogP contribution is 2.45. The fraction of sp³-hybridized carbons (Fsp3) is 0.333. The number of carbonyl (C=O) groups is 2. The SMILES string of the molecule is COc1ccccc1NC(=O)C1=C(C)NC2=C(C(=O)CCC2)C1c1ccccc1OC(C)C. The van der Waals surface area contributed by atoms with E-state index in [0.717, 1.165) is 29.8 Å². The van der Waals surface area contributed by atoms with Gasteiger partial charge in [0.25, 0.3) is 5.91 Å². The van der Waals surface area contributed by atoms with E-state index in [4.69, 9.17) is 9.47 Å². The Morgan fingerprint density at radius 1 is 1.06 bits per heavy atom. The predicted molar refractivity (Wildman–Crippen MR) is 128 cm³/mol. The van der Waals surface area contributed by atoms with E-state index >= 15 is 0 Å². The number of rotatable bonds is 6. The molecule has 2 aliphatic rings. The fourth-order valence-corrected chi connectivity index (χ4v) is 4.61. The van der Waals surface area contributed by atoms with Crippen LogP contribution >= 0.6 is 0 Å². The molecule has 0 radical (unpaired) electrons. The van der Waals surface area contributed by atoms with Gasteiger partial charge in [0.2, 0.25) is 0 Å². The highest BCUT2D eigenvalue weighted by molar-refractivity contribution is 6.10. The molecule has 1 unspecified atom stereocenters. The standard InChI is InChI=1S/C27H30N2O4/c1-16(2)33-22-14-7-5-10-18(22)25-24(17(3)28-20-12-9-13-21(30)26(20)25)27(31)29-19-11-6-8-15-23(19)32-4/h5-8,10-11,14-16,25,28H,9,12-13H2,1-4H3,(H,29,31). The Morgan fingerprint density at radius 3 is 2.48 bits per heavy atom. The Balaban J connectivity index is 1.83. The van der Waals surface area contributed by atoms with Crippen molar-refractivity contribution in [1.82, 2.24) is 5.32 Å². The Kier molecular flexibility index (Phi) is 6.54. The molecule has 0 saturated heterocycles. The van der Waals surface area contributed by atoms with Crippen LogP contribution in [0.25, 0.3) is 0 Å². The number of ketones is 1. The molecule has 0 saturated carbocycles. The molecule has 6 heteroatoms. The third kappa shape index (κ3) is 4.51. The van der Waals surface area contributed by atoms with Crippen molar-refractivity contribution in [1.29, 1.82) is 0 Å². The van der Waals surface area contributed by atoms with Crippen LogP contribution in [0, 0.1) is 0 Å². The van der Waals surface area contributed by atoms with E-state index in [1.54, 1.807) is 19.2 Å². The minimum absolute atomic E-state index is 0.0423. The van der Waals surface area contributed by atoms with Gasteiger partial charge in [-0.25, -0.2) is 0 Å². The number of amides is 1. The maximum absolute atomic E-state index is 13.7. The van der Waals surface area contributed by atoms with Crippen LogP contribution in [-0.4, -0.2) is 24.9 Å². The average molecular weight is 447 g/mol. The van der Waals surface area contributed by atoms with Crippen molar-refractivity contribution in [2.75, 3.05) is 12.4 Å². The topological polar surface area (TPSA) is 76.7 Å². The summed E-state index contributed by atoms with van der Waals surface area (Å²) < 4.78 is 11.5. The van der Waals surface area contributed by atoms with Gasteiger partial charge in [0, 0.05) is 34.5 Å². The predicted octanol–water partition coefficient (Wildman–Crippen LogP) is 5.09. The van der Waals surface area contributed by atoms with E-state index in [9.17, 15) is 9.59 Å². The molecule has 6 nitrogen and oxygen atoms in total. The maximum atomic E-state index is 13.7. The molecule has 0 bridgehead atoms. The van der Waals surface area contributed by atoms with E-state index in [-0.39, 0.29) is 17.8 Å². The number of methoxy groups -OCH3 is 1. The van der Waals surface area contributed by atoms with Gasteiger partial charge in [-0.1, -0.05) is 30.3 Å². The minimum atomic E-state index is -0.515. The Morgan fingerprint density at radius 2 is 1.76 bits per heavy atom. The highest BCUT2D eigenvalue weighted by Gasteiger charge is 2.39. The molecule has 33 heavy (non-hydrogen) atoms. The van der Waals surface area contributed by atoms with Crippen LogP contribution < -0.4 is 20.1 Å². The summed E-state index contributed by atoms with van der Waals surface area (Å²) >= 11 is 0. The number of carbonyl (C=O) groups excluding carboxylic acids is 2. The van der Waals surface area contributed by atoms with Crippen molar-refractivity contribution in [3.63, 3.8) is 0 Å². The van der Waals surface area contributed by atoms with E-state index < -0.39 is 5.92 Å². The fourth-order valence-electron chi connectivity index (χ4n) is 4.61. The first-order valence-electron chi connectivity index (χ1n) is 11.3. The van der Waals surface area contributed by atoms with Crippen molar-refractivity contribution >= 4 is 17.4 Å². The van der Waals surface area contributed by atoms with Crippen molar-refractivity contribution in [3.05, 3.63) is 76.6 Å². The number of hydrogen-bond donors (Lipinski definition) is 2. The lowest BCUT2D eigenvalue weighted by atomic mass is 9.74. The van der Waals surface area contributed by atoms with Gasteiger partial charge in [0.1, 0.15) is 11.5 Å². The van der Waals surface area contributed by atoms with Crippen LogP contribution in [0.2, 0.25) is 0 Å². The normalized spacial score (nSPS) is 18.1. The summed E-state index contributed by atoms with van der Waals surface area (Å²) in [6, 6.07) is 15.0. The maximum Gasteiger partial charge on any atom is 0.254 e. The molecule has 0 fully saturated rings. The minimum Gasteiger partial charge on any atom is -0.495 e. The molecular formula is C27H30N2O4. The van der Waals surface area contributed by atoms with Crippen molar-refractivity contribution < 1.29 is 19.1 Å². The molecule has 1 aliphatic heterocycles. The number of nitrogens with one attached hydrogen (secondary N) is 2. The molecule has 1 amide bonds. The summed E-state index contributed by atoms with van der Waals surface area (Å²) in [5, 5.41) is 6.35. The van der Waals surface area contributed by atoms with Gasteiger partial charge in [-0.2, -0.15) is 0 Å². The first kappa shape index (κ1) is 22.6. The summed E-state index contributed by atoms with van der Waals surface area (Å²) in [6.07, 6.45) is 2.02. The zero-order valence-electron chi connectivity index (χ0n) is 19.5. The molecule has 4 rings (SSSR count). The summed E-state index contributed by atoms with van der Waals surface area (Å²) in [4.78, 5) is 26.9. The number of dihydropyridines is 1. The van der Waals surface area contributed by atoms with Crippen molar-refractivity contribution in [3.8, 4) is 11.5 Å². The third-order valence-corrected chi connectivity index (χ3v) is 5.97. The molecular weight excluding hydrogens is 416 g/mol. The van der Waals surface area contributed by atoms with Crippen LogP contribution in [0.1, 0.15) is 51.5 Å². The Bertz CT molecular complexity index is 1150. The quantitative estimate of drug-likeness (QED) is 0.646. The summed E-state index contributed by atoms with van der Waals surface area (Å²) in [7, 11) is 1.57. The van der Waals surface area contributed by atoms with Gasteiger partial charge in [0.05, 0.1) is 24.8 Å². The van der Waals surface area contributed by atoms with Gasteiger partial charge < -0.3 is 20.1 Å². The van der Waals surface area contributed by atoms with E-state index in [0.29, 0.717) is 34.8 Å². The number of ether oxygens (including phenoxy) is 2. The second kappa shape index (κ2) is 9.53. The third-order valence-electron chi connectivity index (χ3n) is 5.97. The van der Waals surface area contributed by atoms with Gasteiger partial charge in [-0.05, 0) is 51.8 Å². The molecule has 2 N–H and O–H groups in total. The lowest BCUT2D eigenvalue weighted by Gasteiger charge is -2.35. The second-order valence-electron chi connectivity index (χ2n) is 8.62. The zero-order chi connectivity index (χ0) is 23.5. The lowest BCUT2D eigenvalue weighted by Crippen LogP contribution is -2.35. The number of Topliss-reactive ketones (excluding diaryl/α,β-unsaturated/α-hetero) is 1. The molecule has 1 aliphatic carbocycles. The van der Waals surface area contributed by atoms with Crippen LogP contribution in [-0.2, 0) is 9.59 Å². The zero-order valence-corrected chi connectivity index (χ0v) is 19.5. The monoisotopic (exact) mass is 446 g/mol. The Hall–Kier alpha value is -3.54. The van der Waals surface area contributed by atoms with Gasteiger partial charge in [-0.3, -0.25) is 9.59 Å². The van der Waals surface area contributed by atoms with Gasteiger partial charge in [-0.15, -0.1) is 0 Å². The van der Waals surface area contributed by atoms with Crippen LogP contribution in [0.5, 0.6) is 11.5 Å². The molecule has 1 atom stereocenters. The van der Waals surface area contributed by atoms with E-state index in [2.05, 4.69) is 10.6 Å². The Labute approximate surface area is 194 Å². The lowest BCUT2D eigenvalue weighted by molar-refractivity contribution is -0.116. The molecule has 1 heterocycles. The summed E-state index contributed by atoms with van der Waals surface area (Å²) in [6.45, 7) is 5.82. The molecule has 172 valence electrons. The average Bonchev–Trinajstić information content (AvgIpc) is 2.78. The van der Waals surface area contributed by atoms with Crippen LogP contribution in [0.15, 0.2) is 71.1 Å². The smallest absolute Gasteiger partial charge is 0.254 e. The molecule has 0 aromatic heterocycles. The number of anilines is 1. The molecule has 2 aromatic carbocycles. The molecule has 0 spiro atoms. The first-order chi connectivity index (χ1) is 15.9. The van der Waals surface area contributed by atoms with Crippen molar-refractivity contribution in [2.24, 2.45) is 0 Å².